The van der Waals surface area contributed by atoms with Crippen LogP contribution in [0.5, 0.6) is 0 Å². The lowest BCUT2D eigenvalue weighted by Gasteiger charge is -2.35. The molecule has 9 heteroatoms. The Hall–Kier alpha value is -0.940. The Morgan fingerprint density at radius 3 is 3.00 bits per heavy atom. The van der Waals surface area contributed by atoms with Crippen molar-refractivity contribution in [3.05, 3.63) is 11.6 Å². The molecule has 3 rings (SSSR count). The first-order valence-corrected chi connectivity index (χ1v) is 9.23. The molecular weight excluding hydrogens is 447 g/mol. The van der Waals surface area contributed by atoms with Gasteiger partial charge in [-0.15, -0.1) is 34.2 Å². The highest BCUT2D eigenvalue weighted by Gasteiger charge is 2.24. The molecule has 1 fully saturated rings. The van der Waals surface area contributed by atoms with Crippen molar-refractivity contribution in [1.82, 2.24) is 25.0 Å². The van der Waals surface area contributed by atoms with E-state index in [1.165, 1.54) is 0 Å². The Labute approximate surface area is 172 Å². The third-order valence-corrected chi connectivity index (χ3v) is 4.85. The fraction of sp³-hybridized carbons (Fsp3) is 0.824. The number of guanidine groups is 1. The van der Waals surface area contributed by atoms with Crippen LogP contribution < -0.4 is 5.32 Å². The van der Waals surface area contributed by atoms with E-state index in [0.717, 1.165) is 63.2 Å². The molecule has 1 aromatic heterocycles. The molecule has 8 nitrogen and oxygen atoms in total. The summed E-state index contributed by atoms with van der Waals surface area (Å²) in [7, 11) is 1.71. The highest BCUT2D eigenvalue weighted by atomic mass is 127. The lowest BCUT2D eigenvalue weighted by Crippen LogP contribution is -2.51. The van der Waals surface area contributed by atoms with Gasteiger partial charge in [-0.1, -0.05) is 0 Å². The maximum Gasteiger partial charge on any atom is 0.194 e. The number of rotatable bonds is 5. The molecular formula is C17H31IN6O2. The zero-order valence-corrected chi connectivity index (χ0v) is 18.3. The summed E-state index contributed by atoms with van der Waals surface area (Å²) in [6.07, 6.45) is 2.22. The first kappa shape index (κ1) is 21.4. The van der Waals surface area contributed by atoms with E-state index in [4.69, 9.17) is 14.5 Å². The van der Waals surface area contributed by atoms with Crippen molar-refractivity contribution in [1.29, 1.82) is 0 Å². The van der Waals surface area contributed by atoms with Gasteiger partial charge in [0, 0.05) is 46.3 Å². The predicted molar refractivity (Wildman–Crippen MR) is 111 cm³/mol. The topological polar surface area (TPSA) is 76.8 Å². The number of morpholine rings is 1. The lowest BCUT2D eigenvalue weighted by molar-refractivity contribution is -0.0447. The molecule has 148 valence electrons. The van der Waals surface area contributed by atoms with Crippen LogP contribution in [0.3, 0.4) is 0 Å². The van der Waals surface area contributed by atoms with Gasteiger partial charge in [-0.2, -0.15) is 0 Å². The van der Waals surface area contributed by atoms with Gasteiger partial charge in [-0.3, -0.25) is 4.99 Å². The molecule has 0 saturated carbocycles. The molecule has 26 heavy (non-hydrogen) atoms. The van der Waals surface area contributed by atoms with Gasteiger partial charge in [0.2, 0.25) is 0 Å². The first-order chi connectivity index (χ1) is 12.2. The van der Waals surface area contributed by atoms with Gasteiger partial charge in [0.05, 0.1) is 19.3 Å². The molecule has 1 aromatic rings. The third kappa shape index (κ3) is 5.29. The van der Waals surface area contributed by atoms with E-state index >= 15 is 0 Å². The minimum Gasteiger partial charge on any atom is -0.382 e. The van der Waals surface area contributed by atoms with Crippen LogP contribution in [0.15, 0.2) is 4.99 Å². The number of hydrogen-bond donors (Lipinski definition) is 1. The Balaban J connectivity index is 0.00000243. The smallest absolute Gasteiger partial charge is 0.194 e. The Morgan fingerprint density at radius 2 is 2.23 bits per heavy atom. The molecule has 2 aliphatic rings. The fourth-order valence-corrected chi connectivity index (χ4v) is 3.52. The Kier molecular flexibility index (Phi) is 8.55. The SMILES string of the molecule is CCNC(=NCC1CCc2nnc(C)n2C1)N1CCOC(COC)C1.I. The van der Waals surface area contributed by atoms with Gasteiger partial charge in [0.25, 0.3) is 0 Å². The number of aliphatic imine (C=N–C) groups is 1. The van der Waals surface area contributed by atoms with E-state index in [9.17, 15) is 0 Å². The second-order valence-electron chi connectivity index (χ2n) is 6.77. The van der Waals surface area contributed by atoms with Crippen molar-refractivity contribution in [2.45, 2.75) is 39.3 Å². The third-order valence-electron chi connectivity index (χ3n) is 4.85. The molecule has 1 saturated heterocycles. The van der Waals surface area contributed by atoms with E-state index in [0.29, 0.717) is 19.1 Å². The van der Waals surface area contributed by atoms with Crippen LogP contribution in [0.2, 0.25) is 0 Å². The van der Waals surface area contributed by atoms with Crippen LogP contribution in [-0.4, -0.2) is 78.2 Å². The standard InChI is InChI=1S/C17H30N6O2.HI/c1-4-18-17(22-7-8-25-15(11-22)12-24-3)19-9-14-5-6-16-21-20-13(2)23(16)10-14;/h14-15H,4-12H2,1-3H3,(H,18,19);1H. The number of fused-ring (bicyclic) bond motifs is 1. The second kappa shape index (κ2) is 10.4. The van der Waals surface area contributed by atoms with E-state index in [-0.39, 0.29) is 30.1 Å². The zero-order valence-electron chi connectivity index (χ0n) is 16.0. The molecule has 0 radical (unpaired) electrons. The van der Waals surface area contributed by atoms with E-state index < -0.39 is 0 Å². The van der Waals surface area contributed by atoms with Crippen LogP contribution in [0.1, 0.15) is 25.0 Å². The van der Waals surface area contributed by atoms with Crippen LogP contribution in [0.25, 0.3) is 0 Å². The predicted octanol–water partition coefficient (Wildman–Crippen LogP) is 1.08. The summed E-state index contributed by atoms with van der Waals surface area (Å²) in [6.45, 7) is 9.80. The summed E-state index contributed by atoms with van der Waals surface area (Å²) in [5.41, 5.74) is 0. The van der Waals surface area contributed by atoms with Crippen molar-refractivity contribution in [2.24, 2.45) is 10.9 Å². The van der Waals surface area contributed by atoms with Crippen LogP contribution in [0, 0.1) is 12.8 Å². The average molecular weight is 478 g/mol. The van der Waals surface area contributed by atoms with E-state index in [1.807, 2.05) is 6.92 Å². The van der Waals surface area contributed by atoms with Gasteiger partial charge in [-0.25, -0.2) is 0 Å². The molecule has 0 bridgehead atoms. The molecule has 0 amide bonds. The minimum atomic E-state index is 0. The molecule has 1 N–H and O–H groups in total. The number of nitrogens with one attached hydrogen (secondary N) is 1. The summed E-state index contributed by atoms with van der Waals surface area (Å²) < 4.78 is 13.2. The summed E-state index contributed by atoms with van der Waals surface area (Å²) >= 11 is 0. The van der Waals surface area contributed by atoms with Crippen molar-refractivity contribution in [2.75, 3.05) is 46.5 Å². The molecule has 0 aliphatic carbocycles. The van der Waals surface area contributed by atoms with Gasteiger partial charge in [-0.05, 0) is 26.2 Å². The summed E-state index contributed by atoms with van der Waals surface area (Å²) in [5, 5.41) is 11.9. The van der Waals surface area contributed by atoms with Crippen molar-refractivity contribution >= 4 is 29.9 Å². The van der Waals surface area contributed by atoms with Gasteiger partial charge in [0.1, 0.15) is 11.6 Å². The Bertz CT molecular complexity index is 592. The van der Waals surface area contributed by atoms with Crippen LogP contribution >= 0.6 is 24.0 Å². The largest absolute Gasteiger partial charge is 0.382 e. The normalized spacial score (nSPS) is 23.3. The number of aromatic nitrogens is 3. The number of methoxy groups -OCH3 is 1. The monoisotopic (exact) mass is 478 g/mol. The summed E-state index contributed by atoms with van der Waals surface area (Å²) in [5.74, 6) is 3.64. The quantitative estimate of drug-likeness (QED) is 0.388. The maximum absolute atomic E-state index is 5.75. The van der Waals surface area contributed by atoms with Crippen molar-refractivity contribution in [3.63, 3.8) is 0 Å². The summed E-state index contributed by atoms with van der Waals surface area (Å²) in [4.78, 5) is 7.21. The fourth-order valence-electron chi connectivity index (χ4n) is 3.52. The van der Waals surface area contributed by atoms with Crippen molar-refractivity contribution in [3.8, 4) is 0 Å². The molecule has 0 aromatic carbocycles. The number of hydrogen-bond acceptors (Lipinski definition) is 5. The first-order valence-electron chi connectivity index (χ1n) is 9.23. The van der Waals surface area contributed by atoms with Crippen LogP contribution in [0.4, 0.5) is 0 Å². The average Bonchev–Trinajstić information content (AvgIpc) is 3.00. The zero-order chi connectivity index (χ0) is 17.6. The number of nitrogens with zero attached hydrogens (tertiary/aromatic N) is 5. The molecule has 0 spiro atoms. The van der Waals surface area contributed by atoms with Gasteiger partial charge >= 0.3 is 0 Å². The minimum absolute atomic E-state index is 0. The number of ether oxygens (including phenoxy) is 2. The Morgan fingerprint density at radius 1 is 1.38 bits per heavy atom. The highest BCUT2D eigenvalue weighted by molar-refractivity contribution is 14.0. The van der Waals surface area contributed by atoms with Crippen LogP contribution in [-0.2, 0) is 22.4 Å². The van der Waals surface area contributed by atoms with Gasteiger partial charge < -0.3 is 24.3 Å². The lowest BCUT2D eigenvalue weighted by atomic mass is 9.99. The molecule has 2 atom stereocenters. The molecule has 3 heterocycles. The number of aryl methyl sites for hydroxylation is 2. The van der Waals surface area contributed by atoms with Crippen molar-refractivity contribution < 1.29 is 9.47 Å². The second-order valence-corrected chi connectivity index (χ2v) is 6.77. The molecule has 2 unspecified atom stereocenters. The summed E-state index contributed by atoms with van der Waals surface area (Å²) in [6, 6.07) is 0. The van der Waals surface area contributed by atoms with E-state index in [1.54, 1.807) is 7.11 Å². The van der Waals surface area contributed by atoms with Gasteiger partial charge in [0.15, 0.2) is 5.96 Å². The highest BCUT2D eigenvalue weighted by Crippen LogP contribution is 2.20. The maximum atomic E-state index is 5.75. The number of halogens is 1. The van der Waals surface area contributed by atoms with E-state index in [2.05, 4.69) is 31.9 Å². The molecule has 2 aliphatic heterocycles.